The number of carbonyl (C=O) groups is 3. The number of carbonyl (C=O) groups excluding carboxylic acids is 3. The predicted molar refractivity (Wildman–Crippen MR) is 126 cm³/mol. The molecule has 1 atom stereocenters. The lowest BCUT2D eigenvalue weighted by Gasteiger charge is -2.33. The molecule has 0 aliphatic carbocycles. The zero-order valence-electron chi connectivity index (χ0n) is 18.4. The SMILES string of the molecule is CC(C(=O)NCc1ccccn1)N1C(=O)COc2ccc(C(=O)COc3cccc(Cl)c3)cc21. The lowest BCUT2D eigenvalue weighted by Crippen LogP contribution is -2.51. The summed E-state index contributed by atoms with van der Waals surface area (Å²) in [6, 6.07) is 16.1. The molecular formula is C25H22ClN3O5. The molecule has 0 fully saturated rings. The smallest absolute Gasteiger partial charge is 0.265 e. The van der Waals surface area contributed by atoms with E-state index < -0.39 is 6.04 Å². The topological polar surface area (TPSA) is 97.8 Å². The summed E-state index contributed by atoms with van der Waals surface area (Å²) in [5.74, 6) is -0.151. The lowest BCUT2D eigenvalue weighted by molar-refractivity contribution is -0.127. The lowest BCUT2D eigenvalue weighted by atomic mass is 10.1. The van der Waals surface area contributed by atoms with Crippen LogP contribution in [0.15, 0.2) is 66.9 Å². The number of benzene rings is 2. The van der Waals surface area contributed by atoms with Crippen molar-refractivity contribution in [2.45, 2.75) is 19.5 Å². The summed E-state index contributed by atoms with van der Waals surface area (Å²) in [7, 11) is 0. The van der Waals surface area contributed by atoms with Gasteiger partial charge in [-0.25, -0.2) is 0 Å². The van der Waals surface area contributed by atoms with Gasteiger partial charge in [0.2, 0.25) is 5.91 Å². The van der Waals surface area contributed by atoms with Crippen LogP contribution < -0.4 is 19.7 Å². The molecule has 0 bridgehead atoms. The number of Topliss-reactive ketones (excluding diaryl/α,β-unsaturated/α-hetero) is 1. The van der Waals surface area contributed by atoms with E-state index in [1.165, 1.54) is 4.90 Å². The van der Waals surface area contributed by atoms with Crippen molar-refractivity contribution in [3.8, 4) is 11.5 Å². The van der Waals surface area contributed by atoms with E-state index in [2.05, 4.69) is 10.3 Å². The van der Waals surface area contributed by atoms with E-state index in [4.69, 9.17) is 21.1 Å². The van der Waals surface area contributed by atoms with Crippen molar-refractivity contribution in [3.63, 3.8) is 0 Å². The maximum absolute atomic E-state index is 12.8. The maximum atomic E-state index is 12.8. The summed E-state index contributed by atoms with van der Waals surface area (Å²) in [5.41, 5.74) is 1.37. The third-order valence-corrected chi connectivity index (χ3v) is 5.50. The Morgan fingerprint density at radius 2 is 2.03 bits per heavy atom. The highest BCUT2D eigenvalue weighted by molar-refractivity contribution is 6.30. The van der Waals surface area contributed by atoms with Crippen LogP contribution in [0.3, 0.4) is 0 Å². The number of ketones is 1. The van der Waals surface area contributed by atoms with E-state index in [1.807, 2.05) is 6.07 Å². The minimum atomic E-state index is -0.827. The van der Waals surface area contributed by atoms with Crippen molar-refractivity contribution >= 4 is 34.9 Å². The van der Waals surface area contributed by atoms with Gasteiger partial charge in [0.05, 0.1) is 17.9 Å². The van der Waals surface area contributed by atoms with Crippen molar-refractivity contribution < 1.29 is 23.9 Å². The number of amides is 2. The van der Waals surface area contributed by atoms with Crippen molar-refractivity contribution in [1.29, 1.82) is 0 Å². The molecule has 1 aliphatic rings. The number of fused-ring (bicyclic) bond motifs is 1. The Labute approximate surface area is 201 Å². The Hall–Kier alpha value is -3.91. The van der Waals surface area contributed by atoms with Gasteiger partial charge in [-0.2, -0.15) is 0 Å². The summed E-state index contributed by atoms with van der Waals surface area (Å²) in [4.78, 5) is 43.8. The minimum absolute atomic E-state index is 0.198. The molecule has 2 amide bonds. The van der Waals surface area contributed by atoms with E-state index in [0.717, 1.165) is 0 Å². The van der Waals surface area contributed by atoms with Gasteiger partial charge in [0.15, 0.2) is 19.0 Å². The minimum Gasteiger partial charge on any atom is -0.485 e. The number of aromatic nitrogens is 1. The van der Waals surface area contributed by atoms with Crippen molar-refractivity contribution in [1.82, 2.24) is 10.3 Å². The number of pyridine rings is 1. The van der Waals surface area contributed by atoms with Gasteiger partial charge in [0, 0.05) is 16.8 Å². The maximum Gasteiger partial charge on any atom is 0.265 e. The highest BCUT2D eigenvalue weighted by atomic mass is 35.5. The number of hydrogen-bond acceptors (Lipinski definition) is 6. The Balaban J connectivity index is 1.49. The van der Waals surface area contributed by atoms with Gasteiger partial charge in [0.1, 0.15) is 17.5 Å². The first-order valence-electron chi connectivity index (χ1n) is 10.6. The average Bonchev–Trinajstić information content (AvgIpc) is 2.85. The first kappa shape index (κ1) is 23.3. The molecular weight excluding hydrogens is 458 g/mol. The standard InChI is InChI=1S/C25H22ClN3O5/c1-16(25(32)28-13-19-6-2-3-10-27-19)29-21-11-17(8-9-23(21)34-15-24(29)31)22(30)14-33-20-7-4-5-18(26)12-20/h2-12,16H,13-15H2,1H3,(H,28,32). The van der Waals surface area contributed by atoms with Crippen LogP contribution in [0.1, 0.15) is 23.0 Å². The van der Waals surface area contributed by atoms with Crippen LogP contribution in [0.25, 0.3) is 0 Å². The van der Waals surface area contributed by atoms with Gasteiger partial charge in [-0.15, -0.1) is 0 Å². The van der Waals surface area contributed by atoms with E-state index in [-0.39, 0.29) is 37.4 Å². The average molecular weight is 480 g/mol. The van der Waals surface area contributed by atoms with Gasteiger partial charge < -0.3 is 14.8 Å². The first-order valence-corrected chi connectivity index (χ1v) is 11.0. The Kier molecular flexibility index (Phi) is 7.08. The number of anilines is 1. The van der Waals surface area contributed by atoms with Gasteiger partial charge >= 0.3 is 0 Å². The fourth-order valence-corrected chi connectivity index (χ4v) is 3.68. The molecule has 8 nitrogen and oxygen atoms in total. The van der Waals surface area contributed by atoms with Crippen molar-refractivity contribution in [2.75, 3.05) is 18.1 Å². The molecule has 0 spiro atoms. The molecule has 3 aromatic rings. The molecule has 9 heteroatoms. The number of ether oxygens (including phenoxy) is 2. The summed E-state index contributed by atoms with van der Waals surface area (Å²) in [6.45, 7) is 1.44. The number of nitrogens with zero attached hydrogens (tertiary/aromatic N) is 2. The largest absolute Gasteiger partial charge is 0.485 e. The molecule has 1 aromatic heterocycles. The third kappa shape index (κ3) is 5.35. The van der Waals surface area contributed by atoms with Crippen LogP contribution in [0.4, 0.5) is 5.69 Å². The molecule has 1 N–H and O–H groups in total. The van der Waals surface area contributed by atoms with Crippen LogP contribution in [0.2, 0.25) is 5.02 Å². The molecule has 0 saturated carbocycles. The molecule has 1 unspecified atom stereocenters. The molecule has 1 aliphatic heterocycles. The zero-order chi connectivity index (χ0) is 24.1. The first-order chi connectivity index (χ1) is 16.4. The second-order valence-corrected chi connectivity index (χ2v) is 8.06. The van der Waals surface area contributed by atoms with Crippen molar-refractivity contribution in [2.24, 2.45) is 0 Å². The molecule has 174 valence electrons. The van der Waals surface area contributed by atoms with Gasteiger partial charge in [-0.1, -0.05) is 23.7 Å². The van der Waals surface area contributed by atoms with Gasteiger partial charge in [-0.3, -0.25) is 24.3 Å². The number of halogens is 1. The molecule has 0 saturated heterocycles. The molecule has 2 aromatic carbocycles. The molecule has 2 heterocycles. The normalized spacial score (nSPS) is 13.5. The molecule has 0 radical (unpaired) electrons. The van der Waals surface area contributed by atoms with Gasteiger partial charge in [-0.05, 0) is 55.5 Å². The summed E-state index contributed by atoms with van der Waals surface area (Å²) < 4.78 is 11.1. The quantitative estimate of drug-likeness (QED) is 0.497. The number of hydrogen-bond donors (Lipinski definition) is 1. The highest BCUT2D eigenvalue weighted by Crippen LogP contribution is 2.34. The predicted octanol–water partition coefficient (Wildman–Crippen LogP) is 3.43. The Morgan fingerprint density at radius 1 is 1.18 bits per heavy atom. The van der Waals surface area contributed by atoms with Crippen LogP contribution in [-0.2, 0) is 16.1 Å². The number of rotatable bonds is 8. The second kappa shape index (κ2) is 10.4. The summed E-state index contributed by atoms with van der Waals surface area (Å²) >= 11 is 5.95. The van der Waals surface area contributed by atoms with Gasteiger partial charge in [0.25, 0.3) is 5.91 Å². The molecule has 34 heavy (non-hydrogen) atoms. The van der Waals surface area contributed by atoms with E-state index in [0.29, 0.717) is 33.5 Å². The van der Waals surface area contributed by atoms with Crippen LogP contribution in [0.5, 0.6) is 11.5 Å². The fourth-order valence-electron chi connectivity index (χ4n) is 3.50. The highest BCUT2D eigenvalue weighted by Gasteiger charge is 2.33. The fraction of sp³-hybridized carbons (Fsp3) is 0.200. The van der Waals surface area contributed by atoms with Crippen LogP contribution in [0, 0.1) is 0 Å². The molecule has 4 rings (SSSR count). The van der Waals surface area contributed by atoms with E-state index in [1.54, 1.807) is 67.7 Å². The Morgan fingerprint density at radius 3 is 2.79 bits per heavy atom. The van der Waals surface area contributed by atoms with E-state index >= 15 is 0 Å². The number of nitrogens with one attached hydrogen (secondary N) is 1. The summed E-state index contributed by atoms with van der Waals surface area (Å²) in [5, 5.41) is 3.29. The zero-order valence-corrected chi connectivity index (χ0v) is 19.1. The van der Waals surface area contributed by atoms with Crippen LogP contribution >= 0.6 is 11.6 Å². The Bertz CT molecular complexity index is 1220. The third-order valence-electron chi connectivity index (χ3n) is 5.26. The van der Waals surface area contributed by atoms with Crippen molar-refractivity contribution in [3.05, 3.63) is 83.1 Å². The second-order valence-electron chi connectivity index (χ2n) is 7.62. The van der Waals surface area contributed by atoms with E-state index in [9.17, 15) is 14.4 Å². The van der Waals surface area contributed by atoms with Crippen LogP contribution in [-0.4, -0.2) is 41.8 Å². The summed E-state index contributed by atoms with van der Waals surface area (Å²) in [6.07, 6.45) is 1.64. The monoisotopic (exact) mass is 479 g/mol.